The molecule has 0 spiro atoms. The van der Waals surface area contributed by atoms with Crippen molar-refractivity contribution in [3.05, 3.63) is 10.4 Å². The highest BCUT2D eigenvalue weighted by Crippen LogP contribution is 2.00. The van der Waals surface area contributed by atoms with Gasteiger partial charge in [0, 0.05) is 75.4 Å². The van der Waals surface area contributed by atoms with Gasteiger partial charge >= 0.3 is 0 Å². The van der Waals surface area contributed by atoms with E-state index in [1.54, 1.807) is 0 Å². The Kier molecular flexibility index (Phi) is 21.3. The first-order chi connectivity index (χ1) is 26.3. The number of hydrogen-bond donors (Lipinski definition) is 1. The highest BCUT2D eigenvalue weighted by Gasteiger charge is 2.26. The molecule has 0 rings (SSSR count). The van der Waals surface area contributed by atoms with Gasteiger partial charge in [0.25, 0.3) is 0 Å². The minimum atomic E-state index is -0.725. The van der Waals surface area contributed by atoms with Crippen molar-refractivity contribution in [2.75, 3.05) is 142 Å². The second kappa shape index (κ2) is 24.1. The van der Waals surface area contributed by atoms with Crippen molar-refractivity contribution >= 4 is 65.0 Å². The first-order valence-electron chi connectivity index (χ1n) is 17.0. The maximum absolute atomic E-state index is 12.8. The molecule has 25 nitrogen and oxygen atoms in total. The van der Waals surface area contributed by atoms with E-state index in [1.807, 2.05) is 0 Å². The normalized spacial score (nSPS) is 10.1. The molecule has 0 saturated carbocycles. The van der Waals surface area contributed by atoms with Crippen LogP contribution in [0, 0.1) is 0 Å². The van der Waals surface area contributed by atoms with Crippen LogP contribution >= 0.6 is 0 Å². The molecule has 318 valence electrons. The van der Waals surface area contributed by atoms with Crippen LogP contribution in [0.1, 0.15) is 0 Å². The van der Waals surface area contributed by atoms with Crippen molar-refractivity contribution in [1.82, 2.24) is 49.0 Å². The fourth-order valence-electron chi connectivity index (χ4n) is 4.24. The highest BCUT2D eigenvalue weighted by molar-refractivity contribution is 5.94. The van der Waals surface area contributed by atoms with Gasteiger partial charge in [0.2, 0.25) is 65.0 Å². The Morgan fingerprint density at radius 1 is 0.351 bits per heavy atom. The minimum absolute atomic E-state index is 0.330. The fraction of sp³-hybridized carbons (Fsp3) is 0.656. The summed E-state index contributed by atoms with van der Waals surface area (Å²) in [5.41, 5.74) is 13.4. The largest absolute Gasteiger partial charge is 0.368 e. The molecule has 0 aliphatic carbocycles. The van der Waals surface area contributed by atoms with Crippen LogP contribution in [0.15, 0.2) is 5.11 Å². The van der Waals surface area contributed by atoms with Gasteiger partial charge < -0.3 is 54.7 Å². The maximum atomic E-state index is 12.8. The van der Waals surface area contributed by atoms with E-state index < -0.39 is 117 Å². The molecule has 0 aromatic rings. The molecule has 0 unspecified atom stereocenters. The first-order valence-corrected chi connectivity index (χ1v) is 17.0. The summed E-state index contributed by atoms with van der Waals surface area (Å²) in [5.74, 6) is -6.78. The molecule has 0 heterocycles. The number of rotatable bonds is 22. The molecule has 0 aliphatic heterocycles. The van der Waals surface area contributed by atoms with E-state index in [0.717, 1.165) is 49.0 Å². The zero-order valence-corrected chi connectivity index (χ0v) is 34.2. The molecule has 57 heavy (non-hydrogen) atoms. The number of hydrogen-bond acceptors (Lipinski definition) is 12. The van der Waals surface area contributed by atoms with Crippen molar-refractivity contribution in [3.63, 3.8) is 0 Å². The fourth-order valence-corrected chi connectivity index (χ4v) is 4.24. The molecule has 0 radical (unpaired) electrons. The SMILES string of the molecule is CN(CC(N)=O)C(=O)CN(C)C(=O)CN(C)C(=O)CN(C)C(=O)CN(C)C(=O)CN(C)C(=O)CN(C)C(=O)CN(C)C(=O)CN(C)C(=O)CN(C)C(=O)CN=[N+]=[N-]. The molecule has 2 N–H and O–H groups in total. The summed E-state index contributed by atoms with van der Waals surface area (Å²) in [6.07, 6.45) is 0. The summed E-state index contributed by atoms with van der Waals surface area (Å²) in [6, 6.07) is 0. The predicted octanol–water partition coefficient (Wildman–Crippen LogP) is -5.63. The Balaban J connectivity index is 4.89. The van der Waals surface area contributed by atoms with Gasteiger partial charge in [-0.1, -0.05) is 5.11 Å². The lowest BCUT2D eigenvalue weighted by Crippen LogP contribution is -2.49. The van der Waals surface area contributed by atoms with E-state index in [-0.39, 0.29) is 19.6 Å². The van der Waals surface area contributed by atoms with Crippen LogP contribution in [-0.4, -0.2) is 256 Å². The quantitative estimate of drug-likeness (QED) is 0.0611. The Labute approximate surface area is 330 Å². The molecule has 0 fully saturated rings. The lowest BCUT2D eigenvalue weighted by Gasteiger charge is -2.27. The molecule has 0 saturated heterocycles. The summed E-state index contributed by atoms with van der Waals surface area (Å²) in [5, 5.41) is 3.13. The molecular weight excluding hydrogens is 756 g/mol. The number of azide groups is 1. The number of nitrogens with two attached hydrogens (primary N) is 1. The number of primary amides is 1. The summed E-state index contributed by atoms with van der Waals surface area (Å²) in [7, 11) is 13.2. The second-order valence-corrected chi connectivity index (χ2v) is 13.4. The summed E-state index contributed by atoms with van der Waals surface area (Å²) in [4.78, 5) is 149. The topological polar surface area (TPSA) is 295 Å². The third kappa shape index (κ3) is 18.6. The minimum Gasteiger partial charge on any atom is -0.368 e. The molecule has 0 bridgehead atoms. The van der Waals surface area contributed by atoms with Crippen LogP contribution in [0.25, 0.3) is 10.4 Å². The van der Waals surface area contributed by atoms with Crippen molar-refractivity contribution in [2.24, 2.45) is 10.8 Å². The van der Waals surface area contributed by atoms with Crippen LogP contribution in [0.4, 0.5) is 0 Å². The van der Waals surface area contributed by atoms with Crippen LogP contribution in [0.2, 0.25) is 0 Å². The van der Waals surface area contributed by atoms with E-state index in [4.69, 9.17) is 11.3 Å². The van der Waals surface area contributed by atoms with Crippen LogP contribution < -0.4 is 5.73 Å². The van der Waals surface area contributed by atoms with Crippen molar-refractivity contribution in [3.8, 4) is 0 Å². The third-order valence-corrected chi connectivity index (χ3v) is 8.27. The summed E-state index contributed by atoms with van der Waals surface area (Å²) < 4.78 is 0. The van der Waals surface area contributed by atoms with Gasteiger partial charge in [0.15, 0.2) is 0 Å². The molecular formula is C32H54N14O11. The van der Waals surface area contributed by atoms with E-state index in [0.29, 0.717) is 0 Å². The number of carbonyl (C=O) groups excluding carboxylic acids is 11. The zero-order chi connectivity index (χ0) is 44.3. The molecule has 11 amide bonds. The maximum Gasteiger partial charge on any atom is 0.242 e. The molecule has 25 heteroatoms. The highest BCUT2D eigenvalue weighted by atomic mass is 16.2. The van der Waals surface area contributed by atoms with Gasteiger partial charge in [0.05, 0.1) is 65.4 Å². The summed E-state index contributed by atoms with van der Waals surface area (Å²) in [6.45, 7) is -4.64. The van der Waals surface area contributed by atoms with Gasteiger partial charge in [0.1, 0.15) is 6.54 Å². The van der Waals surface area contributed by atoms with Gasteiger partial charge in [-0.2, -0.15) is 0 Å². The van der Waals surface area contributed by atoms with Gasteiger partial charge in [-0.15, -0.1) is 0 Å². The Morgan fingerprint density at radius 3 is 0.667 bits per heavy atom. The Morgan fingerprint density at radius 2 is 0.509 bits per heavy atom. The van der Waals surface area contributed by atoms with Gasteiger partial charge in [-0.25, -0.2) is 0 Å². The number of likely N-dealkylation sites (N-methyl/N-ethyl adjacent to an activating group) is 10. The van der Waals surface area contributed by atoms with Crippen molar-refractivity contribution in [1.29, 1.82) is 0 Å². The molecule has 0 atom stereocenters. The zero-order valence-electron chi connectivity index (χ0n) is 34.2. The lowest BCUT2D eigenvalue weighted by molar-refractivity contribution is -0.146. The molecule has 0 aromatic heterocycles. The average Bonchev–Trinajstić information content (AvgIpc) is 3.12. The van der Waals surface area contributed by atoms with Crippen LogP contribution in [-0.2, 0) is 52.7 Å². The number of carbonyl (C=O) groups is 11. The van der Waals surface area contributed by atoms with Gasteiger partial charge in [-0.3, -0.25) is 52.7 Å². The van der Waals surface area contributed by atoms with Crippen LogP contribution in [0.5, 0.6) is 0 Å². The third-order valence-electron chi connectivity index (χ3n) is 8.27. The molecule has 0 aliphatic rings. The second-order valence-electron chi connectivity index (χ2n) is 13.4. The number of nitrogens with zero attached hydrogens (tertiary/aromatic N) is 13. The Bertz CT molecular complexity index is 1600. The first kappa shape index (κ1) is 50.5. The molecule has 0 aromatic carbocycles. The van der Waals surface area contributed by atoms with E-state index in [9.17, 15) is 52.7 Å². The van der Waals surface area contributed by atoms with Crippen molar-refractivity contribution in [2.45, 2.75) is 0 Å². The van der Waals surface area contributed by atoms with E-state index >= 15 is 0 Å². The number of amides is 11. The van der Waals surface area contributed by atoms with E-state index in [1.165, 1.54) is 70.5 Å². The summed E-state index contributed by atoms with van der Waals surface area (Å²) >= 11 is 0. The Hall–Kier alpha value is -6.52. The van der Waals surface area contributed by atoms with Gasteiger partial charge in [-0.05, 0) is 5.53 Å². The average molecular weight is 811 g/mol. The predicted molar refractivity (Wildman–Crippen MR) is 200 cm³/mol. The standard InChI is InChI=1S/C32H54N14O11/c1-37(12-22(33)47)24(49)14-39(3)26(51)16-41(5)28(53)18-43(7)30(55)20-45(9)32(57)21-46(10)31(56)19-44(8)29(54)17-42(6)27(52)15-40(4)25(50)13-38(2)23(48)11-35-36-34/h11-21H2,1-10H3,(H2,33,47). The van der Waals surface area contributed by atoms with Crippen molar-refractivity contribution < 1.29 is 52.7 Å². The van der Waals surface area contributed by atoms with Crippen LogP contribution in [0.3, 0.4) is 0 Å². The smallest absolute Gasteiger partial charge is 0.242 e. The monoisotopic (exact) mass is 810 g/mol. The lowest BCUT2D eigenvalue weighted by atomic mass is 10.3. The van der Waals surface area contributed by atoms with E-state index in [2.05, 4.69) is 10.0 Å².